The lowest BCUT2D eigenvalue weighted by atomic mass is 9.87. The van der Waals surface area contributed by atoms with E-state index in [2.05, 4.69) is 80.7 Å². The number of carbonyl (C=O) groups excluding carboxylic acids is 1. The van der Waals surface area contributed by atoms with Crippen molar-refractivity contribution in [1.82, 2.24) is 24.4 Å². The summed E-state index contributed by atoms with van der Waals surface area (Å²) < 4.78 is 27.3. The zero-order chi connectivity index (χ0) is 42.7. The molecule has 0 aliphatic carbocycles. The Balaban J connectivity index is 0.000000227. The molecule has 0 unspecified atom stereocenters. The second-order valence-electron chi connectivity index (χ2n) is 16.5. The Morgan fingerprint density at radius 3 is 1.47 bits per heavy atom. The highest BCUT2D eigenvalue weighted by atomic mass is 16.5. The van der Waals surface area contributed by atoms with E-state index < -0.39 is 11.9 Å². The third kappa shape index (κ3) is 12.1. The molecule has 0 saturated carbocycles. The first-order chi connectivity index (χ1) is 28.1. The van der Waals surface area contributed by atoms with Gasteiger partial charge in [0.05, 0.1) is 47.9 Å². The molecule has 2 aromatic heterocycles. The summed E-state index contributed by atoms with van der Waals surface area (Å²) >= 11 is 0. The molecule has 0 aliphatic heterocycles. The van der Waals surface area contributed by atoms with Crippen LogP contribution >= 0.6 is 0 Å². The van der Waals surface area contributed by atoms with E-state index in [1.165, 1.54) is 11.1 Å². The maximum absolute atomic E-state index is 11.4. The summed E-state index contributed by atoms with van der Waals surface area (Å²) in [6.45, 7) is 22.9. The van der Waals surface area contributed by atoms with Crippen LogP contribution in [0.5, 0.6) is 23.0 Å². The average Bonchev–Trinajstić information content (AvgIpc) is 3.73. The van der Waals surface area contributed by atoms with E-state index in [-0.39, 0.29) is 17.4 Å². The van der Waals surface area contributed by atoms with Gasteiger partial charge in [0, 0.05) is 38.4 Å². The van der Waals surface area contributed by atoms with Crippen molar-refractivity contribution in [3.8, 4) is 23.0 Å². The van der Waals surface area contributed by atoms with Crippen LogP contribution in [-0.4, -0.2) is 62.6 Å². The van der Waals surface area contributed by atoms with Crippen molar-refractivity contribution >= 4 is 28.0 Å². The topological polar surface area (TPSA) is 148 Å². The van der Waals surface area contributed by atoms with Crippen molar-refractivity contribution in [1.29, 1.82) is 0 Å². The Bertz CT molecular complexity index is 2270. The average molecular weight is 807 g/mol. The van der Waals surface area contributed by atoms with E-state index >= 15 is 0 Å². The van der Waals surface area contributed by atoms with E-state index in [1.807, 2.05) is 79.1 Å². The Morgan fingerprint density at radius 1 is 0.678 bits per heavy atom. The van der Waals surface area contributed by atoms with Gasteiger partial charge in [0.25, 0.3) is 0 Å². The van der Waals surface area contributed by atoms with Crippen molar-refractivity contribution in [2.45, 2.75) is 105 Å². The maximum Gasteiger partial charge on any atom is 0.234 e. The van der Waals surface area contributed by atoms with E-state index in [0.717, 1.165) is 50.9 Å². The number of hydrogen-bond donors (Lipinski definition) is 3. The maximum atomic E-state index is 11.4. The van der Waals surface area contributed by atoms with Crippen LogP contribution in [0, 0.1) is 0 Å². The molecule has 59 heavy (non-hydrogen) atoms. The number of primary amides is 1. The summed E-state index contributed by atoms with van der Waals surface area (Å²) in [6.07, 6.45) is 0. The molecule has 0 spiro atoms. The standard InChI is InChI=1S/C25H34N4O3.C22H28N2O3/c1-6-31-14-13-29-22-15-20(32-19-9-7-18(8-10-19)25(3,4)5)11-12-21(22)28-23(29)16-27-17(2)24(26)30;1-5-26-13-12-24-20-14-18(10-11-19(20)23-21(24)15-25)27-17-8-6-16(7-9-17)22(2,3)4/h7-12,15,17,27H,6,13-14,16H2,1-5H3,(H2,26,30);6-11,14,25H,5,12-13,15H2,1-4H3/t17-;/m0./s1. The highest BCUT2D eigenvalue weighted by molar-refractivity contribution is 5.80. The van der Waals surface area contributed by atoms with Crippen molar-refractivity contribution in [3.05, 3.63) is 108 Å². The molecule has 2 heterocycles. The van der Waals surface area contributed by atoms with Gasteiger partial charge in [0.1, 0.15) is 41.3 Å². The van der Waals surface area contributed by atoms with Crippen molar-refractivity contribution in [3.63, 3.8) is 0 Å². The van der Waals surface area contributed by atoms with Gasteiger partial charge in [0.15, 0.2) is 0 Å². The molecule has 1 atom stereocenters. The third-order valence-electron chi connectivity index (χ3n) is 9.97. The highest BCUT2D eigenvalue weighted by Gasteiger charge is 2.17. The summed E-state index contributed by atoms with van der Waals surface area (Å²) in [6, 6.07) is 27.6. The molecule has 0 fully saturated rings. The second-order valence-corrected chi connectivity index (χ2v) is 16.5. The monoisotopic (exact) mass is 806 g/mol. The Labute approximate surface area is 348 Å². The summed E-state index contributed by atoms with van der Waals surface area (Å²) in [4.78, 5) is 20.6. The molecule has 4 aromatic carbocycles. The number of imidazole rings is 2. The van der Waals surface area contributed by atoms with Gasteiger partial charge in [-0.1, -0.05) is 65.8 Å². The Hall–Kier alpha value is -5.27. The first-order valence-electron chi connectivity index (χ1n) is 20.4. The van der Waals surface area contributed by atoms with Gasteiger partial charge in [0.2, 0.25) is 5.91 Å². The normalized spacial score (nSPS) is 12.4. The zero-order valence-electron chi connectivity index (χ0n) is 36.2. The predicted octanol–water partition coefficient (Wildman–Crippen LogP) is 8.78. The van der Waals surface area contributed by atoms with Crippen molar-refractivity contribution in [2.24, 2.45) is 5.73 Å². The zero-order valence-corrected chi connectivity index (χ0v) is 36.2. The molecule has 6 rings (SSSR count). The highest BCUT2D eigenvalue weighted by Crippen LogP contribution is 2.31. The number of ether oxygens (including phenoxy) is 4. The SMILES string of the molecule is CCOCCn1c(CN[C@@H](C)C(N)=O)nc2ccc(Oc3ccc(C(C)(C)C)cc3)cc21.CCOCCn1c(CO)nc2ccc(Oc3ccc(C(C)(C)C)cc3)cc21. The number of carbonyl (C=O) groups is 1. The van der Waals surface area contributed by atoms with Gasteiger partial charge in [-0.15, -0.1) is 0 Å². The number of aliphatic hydroxyl groups is 1. The van der Waals surface area contributed by atoms with Crippen LogP contribution in [0.4, 0.5) is 0 Å². The van der Waals surface area contributed by atoms with Gasteiger partial charge >= 0.3 is 0 Å². The number of fused-ring (bicyclic) bond motifs is 2. The molecule has 12 nitrogen and oxygen atoms in total. The fourth-order valence-corrected chi connectivity index (χ4v) is 6.45. The molecule has 12 heteroatoms. The van der Waals surface area contributed by atoms with Gasteiger partial charge in [-0.05, 0) is 91.3 Å². The van der Waals surface area contributed by atoms with Gasteiger partial charge in [-0.25, -0.2) is 9.97 Å². The van der Waals surface area contributed by atoms with Crippen LogP contribution in [0.25, 0.3) is 22.1 Å². The first kappa shape index (κ1) is 44.8. The summed E-state index contributed by atoms with van der Waals surface area (Å²) in [5.41, 5.74) is 11.7. The fraction of sp³-hybridized carbons (Fsp3) is 0.426. The van der Waals surface area contributed by atoms with Crippen LogP contribution in [-0.2, 0) is 51.3 Å². The third-order valence-corrected chi connectivity index (χ3v) is 9.97. The molecular formula is C47H62N6O6. The molecule has 4 N–H and O–H groups in total. The number of rotatable bonds is 17. The fourth-order valence-electron chi connectivity index (χ4n) is 6.45. The van der Waals surface area contributed by atoms with Crippen LogP contribution in [0.3, 0.4) is 0 Å². The molecule has 0 aliphatic rings. The number of nitrogens with one attached hydrogen (secondary N) is 1. The quantitative estimate of drug-likeness (QED) is 0.0770. The molecule has 6 aromatic rings. The summed E-state index contributed by atoms with van der Waals surface area (Å²) in [7, 11) is 0. The van der Waals surface area contributed by atoms with E-state index in [4.69, 9.17) is 29.7 Å². The molecule has 0 radical (unpaired) electrons. The van der Waals surface area contributed by atoms with Gasteiger partial charge in [-0.2, -0.15) is 0 Å². The molecule has 316 valence electrons. The van der Waals surface area contributed by atoms with Crippen molar-refractivity contribution < 1.29 is 28.8 Å². The van der Waals surface area contributed by atoms with Crippen LogP contribution in [0.2, 0.25) is 0 Å². The van der Waals surface area contributed by atoms with Gasteiger partial charge < -0.3 is 38.9 Å². The Morgan fingerprint density at radius 2 is 1.08 bits per heavy atom. The lowest BCUT2D eigenvalue weighted by Crippen LogP contribution is -2.38. The van der Waals surface area contributed by atoms with E-state index in [9.17, 15) is 9.90 Å². The van der Waals surface area contributed by atoms with Crippen LogP contribution < -0.4 is 20.5 Å². The number of nitrogens with zero attached hydrogens (tertiary/aromatic N) is 4. The molecular weight excluding hydrogens is 745 g/mol. The lowest BCUT2D eigenvalue weighted by Gasteiger charge is -2.19. The van der Waals surface area contributed by atoms with Crippen LogP contribution in [0.1, 0.15) is 85.1 Å². The van der Waals surface area contributed by atoms with E-state index in [1.54, 1.807) is 6.92 Å². The van der Waals surface area contributed by atoms with E-state index in [0.29, 0.717) is 51.9 Å². The predicted molar refractivity (Wildman–Crippen MR) is 234 cm³/mol. The minimum absolute atomic E-state index is 0.0982. The largest absolute Gasteiger partial charge is 0.457 e. The molecule has 0 saturated heterocycles. The summed E-state index contributed by atoms with van der Waals surface area (Å²) in [5.74, 6) is 4.13. The minimum atomic E-state index is -0.440. The lowest BCUT2D eigenvalue weighted by molar-refractivity contribution is -0.119. The van der Waals surface area contributed by atoms with Crippen molar-refractivity contribution in [2.75, 3.05) is 26.4 Å². The minimum Gasteiger partial charge on any atom is -0.457 e. The number of aromatic nitrogens is 4. The number of aliphatic hydroxyl groups excluding tert-OH is 1. The number of hydrogen-bond acceptors (Lipinski definition) is 9. The summed E-state index contributed by atoms with van der Waals surface area (Å²) in [5, 5.41) is 12.7. The number of amides is 1. The number of nitrogens with two attached hydrogens (primary N) is 1. The smallest absolute Gasteiger partial charge is 0.234 e. The van der Waals surface area contributed by atoms with Gasteiger partial charge in [-0.3, -0.25) is 10.1 Å². The molecule has 1 amide bonds. The first-order valence-corrected chi connectivity index (χ1v) is 20.4. The number of benzene rings is 4. The Kier molecular flexibility index (Phi) is 15.3. The molecule has 0 bridgehead atoms. The second kappa shape index (κ2) is 20.1. The van der Waals surface area contributed by atoms with Crippen LogP contribution in [0.15, 0.2) is 84.9 Å².